The fourth-order valence-corrected chi connectivity index (χ4v) is 12.1. The Bertz CT molecular complexity index is 889. The lowest BCUT2D eigenvalue weighted by atomic mass is 9.43. The molecule has 5 unspecified atom stereocenters. The highest BCUT2D eigenvalue weighted by Crippen LogP contribution is 2.68. The number of ether oxygens (including phenoxy) is 2. The molecule has 6 saturated carbocycles. The molecule has 5 heteroatoms. The van der Waals surface area contributed by atoms with E-state index in [9.17, 15) is 15.0 Å². The van der Waals surface area contributed by atoms with Gasteiger partial charge in [-0.1, -0.05) is 27.7 Å². The second kappa shape index (κ2) is 10.9. The lowest BCUT2D eigenvalue weighted by Gasteiger charge is -2.62. The van der Waals surface area contributed by atoms with Gasteiger partial charge in [-0.3, -0.25) is 4.79 Å². The molecule has 2 bridgehead atoms. The molecule has 0 aliphatic heterocycles. The van der Waals surface area contributed by atoms with Gasteiger partial charge in [-0.05, 0) is 147 Å². The summed E-state index contributed by atoms with van der Waals surface area (Å²) < 4.78 is 11.3. The van der Waals surface area contributed by atoms with E-state index in [2.05, 4.69) is 27.7 Å². The summed E-state index contributed by atoms with van der Waals surface area (Å²) in [6, 6.07) is 0. The Labute approximate surface area is 237 Å². The van der Waals surface area contributed by atoms with Gasteiger partial charge in [0.2, 0.25) is 0 Å². The normalized spacial score (nSPS) is 51.2. The van der Waals surface area contributed by atoms with E-state index in [1.807, 2.05) is 0 Å². The summed E-state index contributed by atoms with van der Waals surface area (Å²) in [6.07, 6.45) is 13.8. The second-order valence-electron chi connectivity index (χ2n) is 15.8. The van der Waals surface area contributed by atoms with Gasteiger partial charge < -0.3 is 19.7 Å². The Kier molecular flexibility index (Phi) is 7.94. The molecule has 0 aromatic rings. The topological polar surface area (TPSA) is 76.0 Å². The number of aliphatic hydroxyl groups is 2. The maximum Gasteiger partial charge on any atom is 0.307 e. The summed E-state index contributed by atoms with van der Waals surface area (Å²) in [4.78, 5) is 12.6. The van der Waals surface area contributed by atoms with E-state index in [-0.39, 0.29) is 35.8 Å². The first-order valence-corrected chi connectivity index (χ1v) is 16.7. The minimum atomic E-state index is -0.269. The maximum absolute atomic E-state index is 12.6. The molecule has 6 rings (SSSR count). The molecule has 0 spiro atoms. The number of rotatable bonds is 8. The Morgan fingerprint density at radius 3 is 2.51 bits per heavy atom. The van der Waals surface area contributed by atoms with Crippen LogP contribution in [0.1, 0.15) is 111 Å². The molecule has 6 aliphatic carbocycles. The fraction of sp³-hybridized carbons (Fsp3) is 0.971. The van der Waals surface area contributed by atoms with Crippen molar-refractivity contribution >= 4 is 5.97 Å². The molecule has 0 radical (unpaired) electrons. The van der Waals surface area contributed by atoms with E-state index < -0.39 is 0 Å². The van der Waals surface area contributed by atoms with E-state index in [0.717, 1.165) is 56.5 Å². The molecule has 0 heterocycles. The molecule has 0 aromatic heterocycles. The Morgan fingerprint density at radius 1 is 0.949 bits per heavy atom. The summed E-state index contributed by atoms with van der Waals surface area (Å²) in [7, 11) is 0. The van der Waals surface area contributed by atoms with E-state index >= 15 is 0 Å². The predicted molar refractivity (Wildman–Crippen MR) is 151 cm³/mol. The molecule has 5 nitrogen and oxygen atoms in total. The molecule has 39 heavy (non-hydrogen) atoms. The highest BCUT2D eigenvalue weighted by molar-refractivity contribution is 5.69. The first-order chi connectivity index (χ1) is 18.6. The monoisotopic (exact) mass is 544 g/mol. The van der Waals surface area contributed by atoms with Gasteiger partial charge in [0.05, 0.1) is 18.8 Å². The highest BCUT2D eigenvalue weighted by atomic mass is 16.7. The molecule has 0 aromatic carbocycles. The third-order valence-corrected chi connectivity index (χ3v) is 14.5. The van der Waals surface area contributed by atoms with E-state index in [1.54, 1.807) is 0 Å². The van der Waals surface area contributed by atoms with Crippen molar-refractivity contribution in [2.45, 2.75) is 123 Å². The molecule has 0 saturated heterocycles. The van der Waals surface area contributed by atoms with Crippen LogP contribution in [0, 0.1) is 70.0 Å². The number of esters is 1. The average molecular weight is 545 g/mol. The summed E-state index contributed by atoms with van der Waals surface area (Å²) in [5.41, 5.74) is 0.220. The lowest BCUT2D eigenvalue weighted by molar-refractivity contribution is -0.175. The van der Waals surface area contributed by atoms with E-state index in [1.165, 1.54) is 44.9 Å². The molecular formula is C34H56O5. The van der Waals surface area contributed by atoms with Crippen molar-refractivity contribution < 1.29 is 24.5 Å². The number of aliphatic hydroxyl groups excluding tert-OH is 2. The smallest absolute Gasteiger partial charge is 0.307 e. The zero-order valence-electron chi connectivity index (χ0n) is 25.2. The van der Waals surface area contributed by atoms with Gasteiger partial charge in [0.25, 0.3) is 0 Å². The average Bonchev–Trinajstić information content (AvgIpc) is 3.61. The van der Waals surface area contributed by atoms with Crippen molar-refractivity contribution in [1.29, 1.82) is 0 Å². The van der Waals surface area contributed by atoms with Gasteiger partial charge in [-0.15, -0.1) is 0 Å². The van der Waals surface area contributed by atoms with Crippen molar-refractivity contribution in [3.05, 3.63) is 0 Å². The van der Waals surface area contributed by atoms with Gasteiger partial charge in [0.1, 0.15) is 0 Å². The number of hydrogen-bond acceptors (Lipinski definition) is 5. The quantitative estimate of drug-likeness (QED) is 0.205. The van der Waals surface area contributed by atoms with Crippen LogP contribution in [-0.4, -0.2) is 41.8 Å². The van der Waals surface area contributed by atoms with Crippen LogP contribution >= 0.6 is 0 Å². The molecule has 6 aliphatic rings. The molecule has 6 fully saturated rings. The van der Waals surface area contributed by atoms with Crippen molar-refractivity contribution in [1.82, 2.24) is 0 Å². The Morgan fingerprint density at radius 2 is 1.74 bits per heavy atom. The van der Waals surface area contributed by atoms with Crippen LogP contribution in [0.2, 0.25) is 0 Å². The van der Waals surface area contributed by atoms with Crippen LogP contribution in [0.5, 0.6) is 0 Å². The molecule has 2 N–H and O–H groups in total. The first-order valence-electron chi connectivity index (χ1n) is 16.7. The minimum Gasteiger partial charge on any atom is -0.438 e. The van der Waals surface area contributed by atoms with Crippen LogP contribution < -0.4 is 0 Å². The summed E-state index contributed by atoms with van der Waals surface area (Å²) in [5, 5.41) is 22.1. The molecule has 14 atom stereocenters. The fourth-order valence-electron chi connectivity index (χ4n) is 12.1. The largest absolute Gasteiger partial charge is 0.438 e. The van der Waals surface area contributed by atoms with Gasteiger partial charge in [0.15, 0.2) is 6.79 Å². The number of carbonyl (C=O) groups is 1. The molecular weight excluding hydrogens is 488 g/mol. The zero-order chi connectivity index (χ0) is 27.5. The summed E-state index contributed by atoms with van der Waals surface area (Å²) in [5.74, 6) is 6.28. The maximum atomic E-state index is 12.6. The number of carbonyl (C=O) groups excluding carboxylic acids is 1. The third-order valence-electron chi connectivity index (χ3n) is 14.5. The van der Waals surface area contributed by atoms with Crippen LogP contribution in [-0.2, 0) is 14.3 Å². The van der Waals surface area contributed by atoms with Gasteiger partial charge in [-0.25, -0.2) is 0 Å². The van der Waals surface area contributed by atoms with Crippen molar-refractivity contribution in [3.8, 4) is 0 Å². The minimum absolute atomic E-state index is 0.0532. The highest BCUT2D eigenvalue weighted by Gasteiger charge is 2.63. The van der Waals surface area contributed by atoms with Gasteiger partial charge in [-0.2, -0.15) is 0 Å². The summed E-state index contributed by atoms with van der Waals surface area (Å²) >= 11 is 0. The molecule has 0 amide bonds. The van der Waals surface area contributed by atoms with Crippen LogP contribution in [0.3, 0.4) is 0 Å². The Hall–Kier alpha value is -0.650. The SMILES string of the molecule is CC1C2CCC(C2)C1COCOC(=O)CC[C@@H](C)[C@H]1CCC2[C@@H]3CC[C@@H]4C[C@H](O)CC[C@]4(C)[C@H]3C[C@H](O)[C@@]21C. The van der Waals surface area contributed by atoms with Crippen molar-refractivity contribution in [2.24, 2.45) is 70.0 Å². The first kappa shape index (κ1) is 28.5. The predicted octanol–water partition coefficient (Wildman–Crippen LogP) is 6.59. The van der Waals surface area contributed by atoms with Gasteiger partial charge in [0, 0.05) is 6.42 Å². The third kappa shape index (κ3) is 4.83. The van der Waals surface area contributed by atoms with Gasteiger partial charge >= 0.3 is 5.97 Å². The second-order valence-corrected chi connectivity index (χ2v) is 15.8. The number of fused-ring (bicyclic) bond motifs is 7. The van der Waals surface area contributed by atoms with Crippen LogP contribution in [0.15, 0.2) is 0 Å². The number of hydrogen-bond donors (Lipinski definition) is 2. The standard InChI is InChI=1S/C34H56O5/c1-20(5-12-32(37)39-19-38-18-27-21(2)22-6-7-23(27)15-22)28-10-11-29-26-9-8-24-16-25(35)13-14-33(24,3)30(26)17-31(36)34(28,29)4/h20-31,35-36H,5-19H2,1-4H3/t20-,21?,22?,23?,24-,25-,26+,27?,28-,29?,30+,31+,33+,34-/m1/s1. The zero-order valence-corrected chi connectivity index (χ0v) is 25.2. The van der Waals surface area contributed by atoms with Crippen molar-refractivity contribution in [3.63, 3.8) is 0 Å². The Balaban J connectivity index is 0.995. The van der Waals surface area contributed by atoms with E-state index in [4.69, 9.17) is 9.47 Å². The summed E-state index contributed by atoms with van der Waals surface area (Å²) in [6.45, 7) is 10.4. The molecule has 222 valence electrons. The van der Waals surface area contributed by atoms with Crippen molar-refractivity contribution in [2.75, 3.05) is 13.4 Å². The lowest BCUT2D eigenvalue weighted by Crippen LogP contribution is -2.58. The van der Waals surface area contributed by atoms with Crippen LogP contribution in [0.4, 0.5) is 0 Å². The van der Waals surface area contributed by atoms with E-state index in [0.29, 0.717) is 47.8 Å². The van der Waals surface area contributed by atoms with Crippen LogP contribution in [0.25, 0.3) is 0 Å².